The minimum atomic E-state index is 0.321. The summed E-state index contributed by atoms with van der Waals surface area (Å²) in [5.41, 5.74) is 6.29. The Bertz CT molecular complexity index is 345. The number of nitrogens with one attached hydrogen (secondary N) is 1. The summed E-state index contributed by atoms with van der Waals surface area (Å²) in [5.74, 6) is 0.631. The van der Waals surface area contributed by atoms with Crippen LogP contribution in [-0.2, 0) is 4.74 Å². The van der Waals surface area contributed by atoms with Crippen LogP contribution in [-0.4, -0.2) is 34.9 Å². The van der Waals surface area contributed by atoms with E-state index < -0.39 is 0 Å². The fourth-order valence-electron chi connectivity index (χ4n) is 1.19. The van der Waals surface area contributed by atoms with Crippen LogP contribution in [0.1, 0.15) is 18.9 Å². The van der Waals surface area contributed by atoms with Gasteiger partial charge >= 0.3 is 0 Å². The van der Waals surface area contributed by atoms with Crippen molar-refractivity contribution < 1.29 is 4.74 Å². The smallest absolute Gasteiger partial charge is 0.158 e. The first-order chi connectivity index (χ1) is 7.75. The van der Waals surface area contributed by atoms with Crippen molar-refractivity contribution in [2.45, 2.75) is 13.3 Å². The number of thiocarbonyl (C=S) groups is 1. The molecule has 0 atom stereocenters. The average molecular weight is 240 g/mol. The fraction of sp³-hybridized carbons (Fsp3) is 0.500. The van der Waals surface area contributed by atoms with Gasteiger partial charge in [0.05, 0.1) is 11.8 Å². The molecule has 0 aliphatic carbocycles. The highest BCUT2D eigenvalue weighted by Gasteiger charge is 2.05. The number of anilines is 1. The minimum Gasteiger partial charge on any atom is -0.389 e. The zero-order valence-electron chi connectivity index (χ0n) is 9.27. The lowest BCUT2D eigenvalue weighted by molar-refractivity contribution is 0.147. The molecule has 1 heterocycles. The molecule has 0 saturated carbocycles. The Kier molecular flexibility index (Phi) is 5.66. The van der Waals surface area contributed by atoms with E-state index in [4.69, 9.17) is 22.7 Å². The van der Waals surface area contributed by atoms with E-state index in [1.165, 1.54) is 0 Å². The highest BCUT2D eigenvalue weighted by Crippen LogP contribution is 2.09. The van der Waals surface area contributed by atoms with Crippen molar-refractivity contribution in [3.8, 4) is 0 Å². The van der Waals surface area contributed by atoms with Crippen LogP contribution in [0.2, 0.25) is 0 Å². The van der Waals surface area contributed by atoms with E-state index in [1.54, 1.807) is 12.3 Å². The maximum atomic E-state index is 5.57. The zero-order valence-corrected chi connectivity index (χ0v) is 10.1. The quantitative estimate of drug-likeness (QED) is 0.546. The summed E-state index contributed by atoms with van der Waals surface area (Å²) in [6.07, 6.45) is 2.47. The van der Waals surface area contributed by atoms with E-state index in [-0.39, 0.29) is 0 Å². The summed E-state index contributed by atoms with van der Waals surface area (Å²) in [6.45, 7) is 4.20. The van der Waals surface area contributed by atoms with Crippen LogP contribution in [0, 0.1) is 0 Å². The maximum absolute atomic E-state index is 5.57. The molecule has 0 aliphatic rings. The second kappa shape index (κ2) is 7.08. The van der Waals surface area contributed by atoms with Gasteiger partial charge in [-0.25, -0.2) is 0 Å². The summed E-state index contributed by atoms with van der Waals surface area (Å²) in [5, 5.41) is 10.9. The Labute approximate surface area is 100 Å². The van der Waals surface area contributed by atoms with Crippen molar-refractivity contribution in [2.75, 3.05) is 25.1 Å². The van der Waals surface area contributed by atoms with Gasteiger partial charge in [-0.05, 0) is 19.4 Å². The molecule has 88 valence electrons. The predicted molar refractivity (Wildman–Crippen MR) is 67.5 cm³/mol. The Morgan fingerprint density at radius 3 is 3.12 bits per heavy atom. The molecule has 1 aromatic rings. The Hall–Kier alpha value is -1.27. The number of nitrogens with zero attached hydrogens (tertiary/aromatic N) is 2. The van der Waals surface area contributed by atoms with Gasteiger partial charge in [-0.3, -0.25) is 0 Å². The second-order valence-electron chi connectivity index (χ2n) is 3.13. The van der Waals surface area contributed by atoms with Crippen molar-refractivity contribution in [1.29, 1.82) is 0 Å². The van der Waals surface area contributed by atoms with Crippen molar-refractivity contribution in [3.05, 3.63) is 17.8 Å². The highest BCUT2D eigenvalue weighted by atomic mass is 32.1. The first kappa shape index (κ1) is 12.8. The molecule has 0 saturated heterocycles. The molecule has 3 N–H and O–H groups in total. The number of ether oxygens (including phenoxy) is 1. The summed E-state index contributed by atoms with van der Waals surface area (Å²) in [6, 6.07) is 1.75. The molecule has 1 rings (SSSR count). The minimum absolute atomic E-state index is 0.321. The van der Waals surface area contributed by atoms with Crippen LogP contribution < -0.4 is 11.1 Å². The third-order valence-electron chi connectivity index (χ3n) is 1.95. The third-order valence-corrected chi connectivity index (χ3v) is 2.17. The number of hydrogen-bond donors (Lipinski definition) is 2. The van der Waals surface area contributed by atoms with Crippen molar-refractivity contribution in [2.24, 2.45) is 5.73 Å². The van der Waals surface area contributed by atoms with Gasteiger partial charge in [0, 0.05) is 19.8 Å². The molecule has 0 aliphatic heterocycles. The topological polar surface area (TPSA) is 73.1 Å². The van der Waals surface area contributed by atoms with Gasteiger partial charge < -0.3 is 15.8 Å². The lowest BCUT2D eigenvalue weighted by atomic mass is 10.3. The standard InChI is InChI=1S/C10H16N4OS/c1-2-15-7-3-5-12-10-8(9(11)16)4-6-13-14-10/h4,6H,2-3,5,7H2,1H3,(H2,11,16)(H,12,14). The lowest BCUT2D eigenvalue weighted by Crippen LogP contribution is -2.16. The van der Waals surface area contributed by atoms with Crippen LogP contribution in [0.15, 0.2) is 12.3 Å². The van der Waals surface area contributed by atoms with E-state index in [2.05, 4.69) is 15.5 Å². The average Bonchev–Trinajstić information content (AvgIpc) is 2.29. The van der Waals surface area contributed by atoms with E-state index >= 15 is 0 Å². The van der Waals surface area contributed by atoms with E-state index in [9.17, 15) is 0 Å². The van der Waals surface area contributed by atoms with E-state index in [0.29, 0.717) is 10.8 Å². The largest absolute Gasteiger partial charge is 0.389 e. The monoisotopic (exact) mass is 240 g/mol. The van der Waals surface area contributed by atoms with Crippen LogP contribution in [0.4, 0.5) is 5.82 Å². The van der Waals surface area contributed by atoms with Crippen molar-refractivity contribution in [1.82, 2.24) is 10.2 Å². The molecule has 1 aromatic heterocycles. The van der Waals surface area contributed by atoms with Gasteiger partial charge in [0.2, 0.25) is 0 Å². The first-order valence-electron chi connectivity index (χ1n) is 5.18. The van der Waals surface area contributed by atoms with Gasteiger partial charge in [0.15, 0.2) is 5.82 Å². The Morgan fingerprint density at radius 1 is 1.62 bits per heavy atom. The number of rotatable bonds is 7. The Morgan fingerprint density at radius 2 is 2.44 bits per heavy atom. The van der Waals surface area contributed by atoms with Crippen LogP contribution in [0.3, 0.4) is 0 Å². The predicted octanol–water partition coefficient (Wildman–Crippen LogP) is 0.949. The molecule has 5 nitrogen and oxygen atoms in total. The van der Waals surface area contributed by atoms with Gasteiger partial charge in [-0.1, -0.05) is 12.2 Å². The molecular weight excluding hydrogens is 224 g/mol. The molecule has 0 radical (unpaired) electrons. The number of aromatic nitrogens is 2. The summed E-state index contributed by atoms with van der Waals surface area (Å²) >= 11 is 4.92. The Balaban J connectivity index is 2.44. The number of nitrogens with two attached hydrogens (primary N) is 1. The van der Waals surface area contributed by atoms with Gasteiger partial charge in [0.1, 0.15) is 4.99 Å². The second-order valence-corrected chi connectivity index (χ2v) is 3.57. The molecule has 0 unspecified atom stereocenters. The van der Waals surface area contributed by atoms with E-state index in [1.807, 2.05) is 6.92 Å². The maximum Gasteiger partial charge on any atom is 0.158 e. The molecule has 0 fully saturated rings. The fourth-order valence-corrected chi connectivity index (χ4v) is 1.35. The summed E-state index contributed by atoms with van der Waals surface area (Å²) < 4.78 is 5.22. The summed E-state index contributed by atoms with van der Waals surface area (Å²) in [7, 11) is 0. The molecule has 0 amide bonds. The van der Waals surface area contributed by atoms with Crippen LogP contribution >= 0.6 is 12.2 Å². The molecule has 0 spiro atoms. The van der Waals surface area contributed by atoms with Crippen LogP contribution in [0.5, 0.6) is 0 Å². The van der Waals surface area contributed by atoms with Crippen molar-refractivity contribution in [3.63, 3.8) is 0 Å². The van der Waals surface area contributed by atoms with Gasteiger partial charge in [-0.15, -0.1) is 5.10 Å². The third kappa shape index (κ3) is 4.08. The zero-order chi connectivity index (χ0) is 11.8. The van der Waals surface area contributed by atoms with Crippen molar-refractivity contribution >= 4 is 23.0 Å². The molecule has 16 heavy (non-hydrogen) atoms. The summed E-state index contributed by atoms with van der Waals surface area (Å²) in [4.78, 5) is 0.321. The normalized spacial score (nSPS) is 10.1. The first-order valence-corrected chi connectivity index (χ1v) is 5.59. The van der Waals surface area contributed by atoms with Gasteiger partial charge in [-0.2, -0.15) is 5.10 Å². The molecular formula is C10H16N4OS. The number of hydrogen-bond acceptors (Lipinski definition) is 5. The highest BCUT2D eigenvalue weighted by molar-refractivity contribution is 7.80. The molecule has 6 heteroatoms. The lowest BCUT2D eigenvalue weighted by Gasteiger charge is -2.08. The molecule has 0 bridgehead atoms. The SMILES string of the molecule is CCOCCCNc1nnccc1C(N)=S. The molecule has 0 aromatic carbocycles. The van der Waals surface area contributed by atoms with Gasteiger partial charge in [0.25, 0.3) is 0 Å². The van der Waals surface area contributed by atoms with Crippen LogP contribution in [0.25, 0.3) is 0 Å². The van der Waals surface area contributed by atoms with E-state index in [0.717, 1.165) is 31.7 Å².